The molecular formula is C10H8BrF2NO. The van der Waals surface area contributed by atoms with Gasteiger partial charge in [0.15, 0.2) is 0 Å². The first-order chi connectivity index (χ1) is 7.16. The zero-order valence-electron chi connectivity index (χ0n) is 7.71. The Morgan fingerprint density at radius 1 is 1.47 bits per heavy atom. The normalized spacial score (nSPS) is 13.3. The largest absolute Gasteiger partial charge is 0.486 e. The number of nitrogens with zero attached hydrogens (tertiary/aromatic N) is 1. The summed E-state index contributed by atoms with van der Waals surface area (Å²) in [5.74, 6) is 0.433. The quantitative estimate of drug-likeness (QED) is 0.831. The number of rotatable bonds is 3. The van der Waals surface area contributed by atoms with Gasteiger partial charge in [0.25, 0.3) is 6.43 Å². The van der Waals surface area contributed by atoms with E-state index in [0.29, 0.717) is 16.8 Å². The van der Waals surface area contributed by atoms with Gasteiger partial charge >= 0.3 is 0 Å². The minimum atomic E-state index is -2.46. The Labute approximate surface area is 94.1 Å². The van der Waals surface area contributed by atoms with Gasteiger partial charge in [0.05, 0.1) is 11.0 Å². The van der Waals surface area contributed by atoms with Crippen LogP contribution in [0.1, 0.15) is 11.1 Å². The van der Waals surface area contributed by atoms with Crippen molar-refractivity contribution in [3.63, 3.8) is 0 Å². The van der Waals surface area contributed by atoms with Gasteiger partial charge in [0.1, 0.15) is 12.4 Å². The highest BCUT2D eigenvalue weighted by Crippen LogP contribution is 2.30. The molecule has 1 heterocycles. The van der Waals surface area contributed by atoms with Crippen molar-refractivity contribution in [2.75, 3.05) is 6.61 Å². The fourth-order valence-corrected chi connectivity index (χ4v) is 1.88. The highest BCUT2D eigenvalue weighted by atomic mass is 79.9. The molecule has 1 aromatic carbocycles. The SMILES string of the molecule is FC(F)COc1cc2c(cc1Br)CN=C2. The minimum Gasteiger partial charge on any atom is -0.486 e. The van der Waals surface area contributed by atoms with Gasteiger partial charge in [-0.2, -0.15) is 0 Å². The first-order valence-electron chi connectivity index (χ1n) is 4.40. The molecule has 0 aromatic heterocycles. The van der Waals surface area contributed by atoms with Gasteiger partial charge in [0, 0.05) is 11.8 Å². The predicted molar refractivity (Wildman–Crippen MR) is 56.9 cm³/mol. The molecule has 80 valence electrons. The molecule has 15 heavy (non-hydrogen) atoms. The van der Waals surface area contributed by atoms with Crippen molar-refractivity contribution in [3.8, 4) is 5.75 Å². The summed E-state index contributed by atoms with van der Waals surface area (Å²) in [5, 5.41) is 0. The number of aliphatic imine (C=N–C) groups is 1. The lowest BCUT2D eigenvalue weighted by molar-refractivity contribution is 0.0815. The van der Waals surface area contributed by atoms with Crippen molar-refractivity contribution in [1.82, 2.24) is 0 Å². The second-order valence-electron chi connectivity index (χ2n) is 3.15. The third kappa shape index (κ3) is 2.34. The highest BCUT2D eigenvalue weighted by Gasteiger charge is 2.12. The van der Waals surface area contributed by atoms with Gasteiger partial charge in [-0.15, -0.1) is 0 Å². The van der Waals surface area contributed by atoms with Gasteiger partial charge in [-0.1, -0.05) is 0 Å². The van der Waals surface area contributed by atoms with Crippen LogP contribution in [0.4, 0.5) is 8.78 Å². The Bertz CT molecular complexity index is 407. The van der Waals surface area contributed by atoms with E-state index < -0.39 is 13.0 Å². The van der Waals surface area contributed by atoms with E-state index in [1.165, 1.54) is 0 Å². The molecule has 0 saturated carbocycles. The number of hydrogen-bond acceptors (Lipinski definition) is 2. The van der Waals surface area contributed by atoms with Crippen LogP contribution in [0.2, 0.25) is 0 Å². The van der Waals surface area contributed by atoms with Crippen molar-refractivity contribution in [2.45, 2.75) is 13.0 Å². The summed E-state index contributed by atoms with van der Waals surface area (Å²) in [6, 6.07) is 3.57. The Kier molecular flexibility index (Phi) is 3.00. The topological polar surface area (TPSA) is 21.6 Å². The summed E-state index contributed by atoms with van der Waals surface area (Å²) in [4.78, 5) is 4.08. The maximum absolute atomic E-state index is 12.0. The molecule has 0 N–H and O–H groups in total. The second kappa shape index (κ2) is 4.26. The van der Waals surface area contributed by atoms with Crippen LogP contribution in [-0.2, 0) is 6.54 Å². The molecule has 0 aliphatic carbocycles. The average Bonchev–Trinajstić information content (AvgIpc) is 2.60. The number of ether oxygens (including phenoxy) is 1. The van der Waals surface area contributed by atoms with Crippen molar-refractivity contribution < 1.29 is 13.5 Å². The van der Waals surface area contributed by atoms with Crippen LogP contribution in [0.5, 0.6) is 5.75 Å². The van der Waals surface area contributed by atoms with Gasteiger partial charge in [-0.3, -0.25) is 4.99 Å². The standard InChI is InChI=1S/C10H8BrF2NO/c11-8-1-6-3-14-4-7(6)2-9(8)15-5-10(12)13/h1-2,4,10H,3,5H2. The van der Waals surface area contributed by atoms with Crippen molar-refractivity contribution in [2.24, 2.45) is 4.99 Å². The molecular weight excluding hydrogens is 268 g/mol. The zero-order valence-corrected chi connectivity index (χ0v) is 9.30. The molecule has 0 amide bonds. The van der Waals surface area contributed by atoms with Gasteiger partial charge in [-0.05, 0) is 33.6 Å². The molecule has 2 rings (SSSR count). The molecule has 1 aliphatic rings. The molecule has 0 spiro atoms. The summed E-state index contributed by atoms with van der Waals surface area (Å²) in [5.41, 5.74) is 2.01. The van der Waals surface area contributed by atoms with Gasteiger partial charge in [0.2, 0.25) is 0 Å². The first-order valence-corrected chi connectivity index (χ1v) is 5.19. The molecule has 0 saturated heterocycles. The summed E-state index contributed by atoms with van der Waals surface area (Å²) in [6.45, 7) is 0.0532. The van der Waals surface area contributed by atoms with Crippen LogP contribution in [0, 0.1) is 0 Å². The molecule has 5 heteroatoms. The lowest BCUT2D eigenvalue weighted by Crippen LogP contribution is -2.07. The highest BCUT2D eigenvalue weighted by molar-refractivity contribution is 9.10. The van der Waals surface area contributed by atoms with Crippen LogP contribution in [0.15, 0.2) is 21.6 Å². The van der Waals surface area contributed by atoms with E-state index in [4.69, 9.17) is 4.74 Å². The summed E-state index contributed by atoms with van der Waals surface area (Å²) in [7, 11) is 0. The van der Waals surface area contributed by atoms with Crippen molar-refractivity contribution >= 4 is 22.1 Å². The third-order valence-electron chi connectivity index (χ3n) is 2.05. The van der Waals surface area contributed by atoms with E-state index in [1.54, 1.807) is 12.3 Å². The lowest BCUT2D eigenvalue weighted by Gasteiger charge is -2.09. The maximum atomic E-state index is 12.0. The molecule has 0 unspecified atom stereocenters. The monoisotopic (exact) mass is 275 g/mol. The van der Waals surface area contributed by atoms with E-state index in [0.717, 1.165) is 11.1 Å². The number of benzene rings is 1. The number of hydrogen-bond donors (Lipinski definition) is 0. The Morgan fingerprint density at radius 2 is 2.27 bits per heavy atom. The molecule has 0 atom stereocenters. The summed E-state index contributed by atoms with van der Waals surface area (Å²) >= 11 is 3.27. The Morgan fingerprint density at radius 3 is 3.00 bits per heavy atom. The van der Waals surface area contributed by atoms with Gasteiger partial charge < -0.3 is 4.74 Å². The minimum absolute atomic E-state index is 0.433. The summed E-state index contributed by atoms with van der Waals surface area (Å²) in [6.07, 6.45) is -0.740. The van der Waals surface area contributed by atoms with E-state index >= 15 is 0 Å². The molecule has 0 fully saturated rings. The van der Waals surface area contributed by atoms with Crippen LogP contribution in [0.25, 0.3) is 0 Å². The average molecular weight is 276 g/mol. The lowest BCUT2D eigenvalue weighted by atomic mass is 10.1. The third-order valence-corrected chi connectivity index (χ3v) is 2.67. The van der Waals surface area contributed by atoms with Crippen LogP contribution >= 0.6 is 15.9 Å². The number of fused-ring (bicyclic) bond motifs is 1. The fraction of sp³-hybridized carbons (Fsp3) is 0.300. The molecule has 0 bridgehead atoms. The van der Waals surface area contributed by atoms with Crippen LogP contribution < -0.4 is 4.74 Å². The predicted octanol–water partition coefficient (Wildman–Crippen LogP) is 3.03. The van der Waals surface area contributed by atoms with E-state index in [2.05, 4.69) is 20.9 Å². The van der Waals surface area contributed by atoms with E-state index in [9.17, 15) is 8.78 Å². The van der Waals surface area contributed by atoms with Crippen molar-refractivity contribution in [1.29, 1.82) is 0 Å². The van der Waals surface area contributed by atoms with Crippen LogP contribution in [0.3, 0.4) is 0 Å². The Balaban J connectivity index is 2.20. The van der Waals surface area contributed by atoms with Crippen molar-refractivity contribution in [3.05, 3.63) is 27.7 Å². The molecule has 2 nitrogen and oxygen atoms in total. The molecule has 1 aromatic rings. The van der Waals surface area contributed by atoms with E-state index in [-0.39, 0.29) is 0 Å². The first kappa shape index (κ1) is 10.5. The smallest absolute Gasteiger partial charge is 0.272 e. The Hall–Kier alpha value is -0.970. The second-order valence-corrected chi connectivity index (χ2v) is 4.01. The fourth-order valence-electron chi connectivity index (χ4n) is 1.37. The van der Waals surface area contributed by atoms with Gasteiger partial charge in [-0.25, -0.2) is 8.78 Å². The molecule has 1 aliphatic heterocycles. The number of halogens is 3. The summed E-state index contributed by atoms with van der Waals surface area (Å²) < 4.78 is 29.6. The molecule has 0 radical (unpaired) electrons. The number of alkyl halides is 2. The van der Waals surface area contributed by atoms with Crippen LogP contribution in [-0.4, -0.2) is 19.2 Å². The zero-order chi connectivity index (χ0) is 10.8. The van der Waals surface area contributed by atoms with E-state index in [1.807, 2.05) is 6.07 Å². The maximum Gasteiger partial charge on any atom is 0.272 e.